The zero-order chi connectivity index (χ0) is 14.1. The summed E-state index contributed by atoms with van der Waals surface area (Å²) in [7, 11) is 0. The minimum absolute atomic E-state index is 0.214. The van der Waals surface area contributed by atoms with Crippen LogP contribution in [0.15, 0.2) is 36.6 Å². The van der Waals surface area contributed by atoms with E-state index in [0.717, 1.165) is 23.1 Å². The first-order chi connectivity index (χ1) is 8.56. The Balaban J connectivity index is 0.00000137. The van der Waals surface area contributed by atoms with Crippen LogP contribution >= 0.6 is 0 Å². The molecule has 0 bridgehead atoms. The van der Waals surface area contributed by atoms with Crippen molar-refractivity contribution in [1.82, 2.24) is 0 Å². The number of phenols is 1. The summed E-state index contributed by atoms with van der Waals surface area (Å²) in [4.78, 5) is 0. The Labute approximate surface area is 110 Å². The van der Waals surface area contributed by atoms with Crippen molar-refractivity contribution in [2.45, 2.75) is 40.5 Å². The number of allylic oxidation sites excluding steroid dienone is 3. The summed E-state index contributed by atoms with van der Waals surface area (Å²) in [6.45, 7) is 11.6. The third-order valence-corrected chi connectivity index (χ3v) is 2.39. The highest BCUT2D eigenvalue weighted by Crippen LogP contribution is 2.28. The Bertz CT molecular complexity index is 417. The van der Waals surface area contributed by atoms with Crippen LogP contribution in [0.2, 0.25) is 0 Å². The van der Waals surface area contributed by atoms with Crippen LogP contribution in [0.25, 0.3) is 5.57 Å². The number of hydrogen-bond acceptors (Lipinski definition) is 2. The van der Waals surface area contributed by atoms with Crippen molar-refractivity contribution in [3.63, 3.8) is 0 Å². The minimum atomic E-state index is 0.214. The van der Waals surface area contributed by atoms with Crippen LogP contribution in [0.4, 0.5) is 0 Å². The molecule has 0 heterocycles. The van der Waals surface area contributed by atoms with Gasteiger partial charge in [0.1, 0.15) is 5.75 Å². The number of aromatic hydroxyl groups is 1. The van der Waals surface area contributed by atoms with Crippen LogP contribution in [0.5, 0.6) is 5.75 Å². The summed E-state index contributed by atoms with van der Waals surface area (Å²) >= 11 is 0. The molecule has 0 saturated carbocycles. The van der Waals surface area contributed by atoms with Gasteiger partial charge in [0.05, 0.1) is 5.76 Å². The lowest BCUT2D eigenvalue weighted by molar-refractivity contribution is 0.391. The molecule has 1 aromatic carbocycles. The number of aliphatic hydroxyl groups is 1. The maximum atomic E-state index is 9.98. The first-order valence-corrected chi connectivity index (χ1v) is 6.41. The van der Waals surface area contributed by atoms with E-state index in [0.29, 0.717) is 6.42 Å². The summed E-state index contributed by atoms with van der Waals surface area (Å²) in [5.41, 5.74) is 2.28. The Morgan fingerprint density at radius 1 is 1.33 bits per heavy atom. The Morgan fingerprint density at radius 3 is 2.44 bits per heavy atom. The number of para-hydroxylation sites is 1. The molecule has 1 rings (SSSR count). The maximum absolute atomic E-state index is 9.98. The van der Waals surface area contributed by atoms with E-state index >= 15 is 0 Å². The highest BCUT2D eigenvalue weighted by molar-refractivity contribution is 5.68. The number of benzene rings is 1. The summed E-state index contributed by atoms with van der Waals surface area (Å²) < 4.78 is 0. The van der Waals surface area contributed by atoms with Gasteiger partial charge < -0.3 is 10.2 Å². The van der Waals surface area contributed by atoms with Gasteiger partial charge >= 0.3 is 0 Å². The molecule has 0 spiro atoms. The lowest BCUT2D eigenvalue weighted by atomic mass is 10.0. The van der Waals surface area contributed by atoms with Gasteiger partial charge in [-0.05, 0) is 25.0 Å². The van der Waals surface area contributed by atoms with Gasteiger partial charge in [0.15, 0.2) is 0 Å². The third kappa shape index (κ3) is 4.66. The van der Waals surface area contributed by atoms with E-state index in [-0.39, 0.29) is 11.5 Å². The fraction of sp³-hybridized carbons (Fsp3) is 0.375. The first kappa shape index (κ1) is 16.3. The van der Waals surface area contributed by atoms with Gasteiger partial charge in [-0.1, -0.05) is 45.5 Å². The molecule has 2 heteroatoms. The predicted molar refractivity (Wildman–Crippen MR) is 78.9 cm³/mol. The zero-order valence-electron chi connectivity index (χ0n) is 11.8. The molecular weight excluding hydrogens is 224 g/mol. The largest absolute Gasteiger partial charge is 0.512 e. The van der Waals surface area contributed by atoms with Crippen molar-refractivity contribution < 1.29 is 10.2 Å². The van der Waals surface area contributed by atoms with Gasteiger partial charge in [0.2, 0.25) is 0 Å². The van der Waals surface area contributed by atoms with Gasteiger partial charge in [0.25, 0.3) is 0 Å². The Kier molecular flexibility index (Phi) is 7.61. The quantitative estimate of drug-likeness (QED) is 0.748. The molecule has 0 aliphatic heterocycles. The Morgan fingerprint density at radius 2 is 1.94 bits per heavy atom. The molecule has 2 nitrogen and oxygen atoms in total. The molecule has 0 fully saturated rings. The number of rotatable bonds is 4. The second-order valence-electron chi connectivity index (χ2n) is 3.87. The zero-order valence-corrected chi connectivity index (χ0v) is 11.8. The van der Waals surface area contributed by atoms with Crippen LogP contribution in [-0.2, 0) is 6.42 Å². The van der Waals surface area contributed by atoms with Gasteiger partial charge in [-0.3, -0.25) is 0 Å². The molecule has 0 aliphatic rings. The normalized spacial score (nSPS) is 10.6. The van der Waals surface area contributed by atoms with Crippen molar-refractivity contribution in [2.24, 2.45) is 0 Å². The fourth-order valence-corrected chi connectivity index (χ4v) is 1.58. The monoisotopic (exact) mass is 248 g/mol. The molecule has 1 aromatic rings. The average molecular weight is 248 g/mol. The number of aliphatic hydroxyl groups excluding tert-OH is 1. The van der Waals surface area contributed by atoms with Crippen LogP contribution in [0, 0.1) is 0 Å². The molecule has 0 atom stereocenters. The van der Waals surface area contributed by atoms with Crippen LogP contribution in [-0.4, -0.2) is 10.2 Å². The topological polar surface area (TPSA) is 40.5 Å². The van der Waals surface area contributed by atoms with E-state index in [4.69, 9.17) is 0 Å². The smallest absolute Gasteiger partial charge is 0.126 e. The van der Waals surface area contributed by atoms with Crippen LogP contribution in [0.3, 0.4) is 0 Å². The van der Waals surface area contributed by atoms with E-state index in [1.165, 1.54) is 0 Å². The molecule has 0 radical (unpaired) electrons. The first-order valence-electron chi connectivity index (χ1n) is 6.41. The fourth-order valence-electron chi connectivity index (χ4n) is 1.58. The molecule has 0 aromatic heterocycles. The van der Waals surface area contributed by atoms with Crippen molar-refractivity contribution in [2.75, 3.05) is 0 Å². The molecule has 18 heavy (non-hydrogen) atoms. The van der Waals surface area contributed by atoms with Gasteiger partial charge in [-0.2, -0.15) is 0 Å². The maximum Gasteiger partial charge on any atom is 0.126 e. The molecule has 0 saturated heterocycles. The number of hydrogen-bond donors (Lipinski definition) is 2. The highest BCUT2D eigenvalue weighted by atomic mass is 16.3. The summed E-state index contributed by atoms with van der Waals surface area (Å²) in [6, 6.07) is 5.49. The molecule has 0 amide bonds. The highest BCUT2D eigenvalue weighted by Gasteiger charge is 2.08. The second kappa shape index (κ2) is 8.40. The average Bonchev–Trinajstić information content (AvgIpc) is 2.34. The number of phenolic OH excluding ortho intramolecular Hbond substituents is 1. The minimum Gasteiger partial charge on any atom is -0.512 e. The van der Waals surface area contributed by atoms with Crippen molar-refractivity contribution >= 4 is 5.57 Å². The van der Waals surface area contributed by atoms with Crippen molar-refractivity contribution in [3.05, 3.63) is 47.7 Å². The van der Waals surface area contributed by atoms with Crippen molar-refractivity contribution in [1.29, 1.82) is 0 Å². The molecule has 100 valence electrons. The third-order valence-electron chi connectivity index (χ3n) is 2.39. The SMILES string of the molecule is C=C(C)c1cccc(C/C(O)=C/CC)c1O.CC. The van der Waals surface area contributed by atoms with Gasteiger partial charge in [0, 0.05) is 17.5 Å². The lowest BCUT2D eigenvalue weighted by Gasteiger charge is -2.09. The van der Waals surface area contributed by atoms with E-state index in [1.54, 1.807) is 6.08 Å². The Hall–Kier alpha value is -1.70. The molecule has 0 unspecified atom stereocenters. The molecular formula is C16H24O2. The summed E-state index contributed by atoms with van der Waals surface area (Å²) in [6.07, 6.45) is 2.89. The van der Waals surface area contributed by atoms with Crippen LogP contribution < -0.4 is 0 Å². The second-order valence-corrected chi connectivity index (χ2v) is 3.87. The van der Waals surface area contributed by atoms with E-state index in [2.05, 4.69) is 6.58 Å². The van der Waals surface area contributed by atoms with Crippen LogP contribution in [0.1, 0.15) is 45.2 Å². The van der Waals surface area contributed by atoms with Crippen molar-refractivity contribution in [3.8, 4) is 5.75 Å². The van der Waals surface area contributed by atoms with E-state index in [1.807, 2.05) is 45.9 Å². The van der Waals surface area contributed by atoms with Gasteiger partial charge in [-0.25, -0.2) is 0 Å². The lowest BCUT2D eigenvalue weighted by Crippen LogP contribution is -1.92. The van der Waals surface area contributed by atoms with Gasteiger partial charge in [-0.15, -0.1) is 0 Å². The predicted octanol–water partition coefficient (Wildman–Crippen LogP) is 4.85. The standard InChI is InChI=1S/C14H18O2.C2H6/c1-4-6-12(15)9-11-7-5-8-13(10(2)3)14(11)16;1-2/h5-8,15-16H,2,4,9H2,1,3H3;1-2H3/b12-6-;. The molecule has 0 aliphatic carbocycles. The van der Waals surface area contributed by atoms with E-state index < -0.39 is 0 Å². The molecule has 2 N–H and O–H groups in total. The van der Waals surface area contributed by atoms with E-state index in [9.17, 15) is 10.2 Å². The summed E-state index contributed by atoms with van der Waals surface area (Å²) in [5.74, 6) is 0.503. The summed E-state index contributed by atoms with van der Waals surface area (Å²) in [5, 5.41) is 19.6.